The number of aromatic carboxylic acids is 1. The van der Waals surface area contributed by atoms with E-state index in [0.717, 1.165) is 6.07 Å². The lowest BCUT2D eigenvalue weighted by atomic mass is 9.97. The summed E-state index contributed by atoms with van der Waals surface area (Å²) in [5.41, 5.74) is 8.70. The Hall–Kier alpha value is -4.61. The molecular formula is C31H30ClFN4O6. The second kappa shape index (κ2) is 12.7. The van der Waals surface area contributed by atoms with Gasteiger partial charge in [-0.3, -0.25) is 9.79 Å². The zero-order valence-corrected chi connectivity index (χ0v) is 24.4. The standard InChI is InChI=1S/C31H30ClFN4O6/c1-35-15-19(14-34)21-10-25(32)23(13-28(21)41-2)30(38)37-16-18-4-3-5-20(29(18)43-17-37)22-12-27(36-6-8-42-9-7-36)24(31(39)40)11-26(22)33/h3-5,10-15H,6-9,16-17,34H2,1-2H3,(H,39,40). The van der Waals surface area contributed by atoms with Crippen molar-refractivity contribution in [3.05, 3.63) is 81.8 Å². The summed E-state index contributed by atoms with van der Waals surface area (Å²) in [4.78, 5) is 32.9. The number of carbonyl (C=O) groups is 2. The number of carboxylic acids is 1. The second-order valence-corrected chi connectivity index (χ2v) is 10.3. The number of nitrogens with zero attached hydrogens (tertiary/aromatic N) is 3. The van der Waals surface area contributed by atoms with Gasteiger partial charge in [-0.15, -0.1) is 0 Å². The van der Waals surface area contributed by atoms with Gasteiger partial charge in [-0.1, -0.05) is 29.8 Å². The van der Waals surface area contributed by atoms with E-state index >= 15 is 4.39 Å². The number of hydrogen-bond acceptors (Lipinski definition) is 8. The average molecular weight is 609 g/mol. The molecule has 0 aromatic heterocycles. The van der Waals surface area contributed by atoms with E-state index in [1.54, 1.807) is 49.7 Å². The Morgan fingerprint density at radius 1 is 1.12 bits per heavy atom. The number of ether oxygens (including phenoxy) is 3. The van der Waals surface area contributed by atoms with Gasteiger partial charge in [0.05, 0.1) is 48.7 Å². The van der Waals surface area contributed by atoms with Gasteiger partial charge >= 0.3 is 5.97 Å². The Morgan fingerprint density at radius 2 is 1.88 bits per heavy atom. The van der Waals surface area contributed by atoms with Crippen LogP contribution < -0.4 is 20.1 Å². The van der Waals surface area contributed by atoms with E-state index in [-0.39, 0.29) is 40.9 Å². The zero-order chi connectivity index (χ0) is 30.7. The number of anilines is 1. The zero-order valence-electron chi connectivity index (χ0n) is 23.6. The van der Waals surface area contributed by atoms with Crippen LogP contribution in [-0.2, 0) is 11.3 Å². The molecule has 0 saturated carbocycles. The molecule has 0 aliphatic carbocycles. The van der Waals surface area contributed by atoms with Gasteiger partial charge in [-0.25, -0.2) is 9.18 Å². The van der Waals surface area contributed by atoms with Crippen molar-refractivity contribution in [2.24, 2.45) is 10.7 Å². The number of fused-ring (bicyclic) bond motifs is 1. The third-order valence-corrected chi connectivity index (χ3v) is 7.66. The molecule has 10 nitrogen and oxygen atoms in total. The number of methoxy groups -OCH3 is 1. The Morgan fingerprint density at radius 3 is 2.56 bits per heavy atom. The number of nitrogens with two attached hydrogens (primary N) is 1. The maximum atomic E-state index is 15.4. The van der Waals surface area contributed by atoms with Crippen molar-refractivity contribution in [3.8, 4) is 22.6 Å². The first-order valence-corrected chi connectivity index (χ1v) is 13.8. The average Bonchev–Trinajstić information content (AvgIpc) is 3.03. The minimum absolute atomic E-state index is 0.120. The lowest BCUT2D eigenvalue weighted by Crippen LogP contribution is -2.37. The molecule has 0 unspecified atom stereocenters. The topological polar surface area (TPSA) is 127 Å². The van der Waals surface area contributed by atoms with E-state index in [9.17, 15) is 14.7 Å². The summed E-state index contributed by atoms with van der Waals surface area (Å²) in [6.07, 6.45) is 2.93. The molecule has 3 aromatic rings. The van der Waals surface area contributed by atoms with Gasteiger partial charge in [0.15, 0.2) is 6.73 Å². The number of amides is 1. The van der Waals surface area contributed by atoms with Gasteiger partial charge < -0.3 is 34.9 Å². The Balaban J connectivity index is 1.47. The molecule has 5 rings (SSSR count). The fraction of sp³-hybridized carbons (Fsp3) is 0.258. The van der Waals surface area contributed by atoms with Crippen molar-refractivity contribution in [1.82, 2.24) is 4.90 Å². The lowest BCUT2D eigenvalue weighted by molar-refractivity contribution is 0.0515. The summed E-state index contributed by atoms with van der Waals surface area (Å²) in [5.74, 6) is -1.49. The van der Waals surface area contributed by atoms with Gasteiger partial charge in [0, 0.05) is 60.4 Å². The molecule has 3 aromatic carbocycles. The number of aliphatic imine (C=N–C) groups is 1. The van der Waals surface area contributed by atoms with Crippen LogP contribution in [0.15, 0.2) is 53.7 Å². The van der Waals surface area contributed by atoms with Crippen LogP contribution in [0.25, 0.3) is 16.7 Å². The minimum atomic E-state index is -1.22. The predicted octanol–water partition coefficient (Wildman–Crippen LogP) is 4.68. The van der Waals surface area contributed by atoms with E-state index in [1.165, 1.54) is 18.2 Å². The van der Waals surface area contributed by atoms with Gasteiger partial charge in [-0.05, 0) is 24.3 Å². The Bertz CT molecular complexity index is 1640. The molecule has 0 atom stereocenters. The molecule has 43 heavy (non-hydrogen) atoms. The molecular weight excluding hydrogens is 579 g/mol. The highest BCUT2D eigenvalue weighted by Gasteiger charge is 2.29. The smallest absolute Gasteiger partial charge is 0.337 e. The summed E-state index contributed by atoms with van der Waals surface area (Å²) in [6.45, 7) is 1.90. The third-order valence-electron chi connectivity index (χ3n) is 7.35. The molecule has 1 saturated heterocycles. The van der Waals surface area contributed by atoms with Crippen molar-refractivity contribution >= 4 is 41.0 Å². The van der Waals surface area contributed by atoms with Crippen LogP contribution in [-0.4, -0.2) is 75.3 Å². The van der Waals surface area contributed by atoms with Crippen LogP contribution in [0.5, 0.6) is 11.5 Å². The number of morpholine rings is 1. The molecule has 0 bridgehead atoms. The molecule has 3 N–H and O–H groups in total. The van der Waals surface area contributed by atoms with Crippen LogP contribution in [0, 0.1) is 5.82 Å². The van der Waals surface area contributed by atoms with Crippen molar-refractivity contribution in [3.63, 3.8) is 0 Å². The fourth-order valence-corrected chi connectivity index (χ4v) is 5.49. The van der Waals surface area contributed by atoms with Crippen LogP contribution in [0.1, 0.15) is 31.8 Å². The third kappa shape index (κ3) is 5.86. The first-order chi connectivity index (χ1) is 20.8. The number of benzene rings is 3. The number of rotatable bonds is 7. The minimum Gasteiger partial charge on any atom is -0.496 e. The summed E-state index contributed by atoms with van der Waals surface area (Å²) >= 11 is 6.56. The molecule has 2 aliphatic rings. The van der Waals surface area contributed by atoms with Crippen LogP contribution in [0.3, 0.4) is 0 Å². The summed E-state index contributed by atoms with van der Waals surface area (Å²) in [5, 5.41) is 9.96. The number of carboxylic acid groups (broad SMARTS) is 1. The summed E-state index contributed by atoms with van der Waals surface area (Å²) < 4.78 is 32.4. The highest BCUT2D eigenvalue weighted by atomic mass is 35.5. The normalized spacial score (nSPS) is 15.3. The number of para-hydroxylation sites is 1. The van der Waals surface area contributed by atoms with Crippen molar-refractivity contribution in [1.29, 1.82) is 0 Å². The largest absolute Gasteiger partial charge is 0.496 e. The molecule has 2 heterocycles. The molecule has 1 fully saturated rings. The number of carbonyl (C=O) groups excluding carboxylic acids is 1. The highest BCUT2D eigenvalue weighted by molar-refractivity contribution is 6.34. The van der Waals surface area contributed by atoms with Gasteiger partial charge in [0.2, 0.25) is 0 Å². The summed E-state index contributed by atoms with van der Waals surface area (Å²) in [6, 6.07) is 11.0. The molecule has 224 valence electrons. The molecule has 0 spiro atoms. The monoisotopic (exact) mass is 608 g/mol. The van der Waals surface area contributed by atoms with E-state index < -0.39 is 11.8 Å². The Labute approximate surface area is 252 Å². The molecule has 2 aliphatic heterocycles. The van der Waals surface area contributed by atoms with Crippen molar-refractivity contribution in [2.45, 2.75) is 6.54 Å². The van der Waals surface area contributed by atoms with Crippen molar-refractivity contribution in [2.75, 3.05) is 52.1 Å². The lowest BCUT2D eigenvalue weighted by Gasteiger charge is -2.32. The summed E-state index contributed by atoms with van der Waals surface area (Å²) in [7, 11) is 3.09. The fourth-order valence-electron chi connectivity index (χ4n) is 5.25. The first kappa shape index (κ1) is 29.9. The second-order valence-electron chi connectivity index (χ2n) is 9.87. The number of halogens is 2. The number of allylic oxidation sites excluding steroid dienone is 1. The highest BCUT2D eigenvalue weighted by Crippen LogP contribution is 2.41. The van der Waals surface area contributed by atoms with Crippen molar-refractivity contribution < 1.29 is 33.3 Å². The van der Waals surface area contributed by atoms with E-state index in [4.69, 9.17) is 31.5 Å². The molecule has 1 amide bonds. The predicted molar refractivity (Wildman–Crippen MR) is 162 cm³/mol. The van der Waals surface area contributed by atoms with Crippen LogP contribution in [0.4, 0.5) is 10.1 Å². The Kier molecular flexibility index (Phi) is 8.84. The molecule has 0 radical (unpaired) electrons. The van der Waals surface area contributed by atoms with Gasteiger partial charge in [0.1, 0.15) is 17.3 Å². The maximum absolute atomic E-state index is 15.4. The van der Waals surface area contributed by atoms with E-state index in [1.807, 2.05) is 4.90 Å². The van der Waals surface area contributed by atoms with Gasteiger partial charge in [-0.2, -0.15) is 0 Å². The SMILES string of the molecule is CN=CC(=CN)c1cc(Cl)c(C(=O)N2COc3c(cccc3-c3cc(N4CCOCC4)c(C(=O)O)cc3F)C2)cc1OC. The van der Waals surface area contributed by atoms with E-state index in [2.05, 4.69) is 4.99 Å². The number of hydrogen-bond donors (Lipinski definition) is 2. The molecule has 12 heteroatoms. The maximum Gasteiger partial charge on any atom is 0.337 e. The van der Waals surface area contributed by atoms with E-state index in [0.29, 0.717) is 65.8 Å². The quantitative estimate of drug-likeness (QED) is 0.370. The van der Waals surface area contributed by atoms with Gasteiger partial charge in [0.25, 0.3) is 5.91 Å². The van der Waals surface area contributed by atoms with Crippen LogP contribution in [0.2, 0.25) is 5.02 Å². The first-order valence-electron chi connectivity index (χ1n) is 13.4. The van der Waals surface area contributed by atoms with Crippen LogP contribution >= 0.6 is 11.6 Å².